The molecule has 3 aromatic rings. The second-order valence-electron chi connectivity index (χ2n) is 6.47. The molecule has 0 amide bonds. The fourth-order valence-electron chi connectivity index (χ4n) is 3.10. The van der Waals surface area contributed by atoms with Gasteiger partial charge in [-0.05, 0) is 48.5 Å². The maximum Gasteiger partial charge on any atom is 0.171 e. The summed E-state index contributed by atoms with van der Waals surface area (Å²) in [7, 11) is -2.97. The van der Waals surface area contributed by atoms with Crippen molar-refractivity contribution in [3.8, 4) is 0 Å². The molecule has 5 nitrogen and oxygen atoms in total. The molecule has 0 aliphatic carbocycles. The van der Waals surface area contributed by atoms with Crippen molar-refractivity contribution in [1.29, 1.82) is 0 Å². The molecule has 0 saturated carbocycles. The van der Waals surface area contributed by atoms with Crippen molar-refractivity contribution in [2.24, 2.45) is 11.5 Å². The third kappa shape index (κ3) is 4.45. The van der Waals surface area contributed by atoms with Gasteiger partial charge in [0, 0.05) is 53.5 Å². The van der Waals surface area contributed by atoms with Crippen molar-refractivity contribution in [3.05, 3.63) is 78.9 Å². The van der Waals surface area contributed by atoms with E-state index in [0.717, 1.165) is 27.3 Å². The normalized spacial score (nSPS) is 11.2. The molecule has 0 fully saturated rings. The monoisotopic (exact) mass is 394 g/mol. The molecule has 3 rings (SSSR count). The van der Waals surface area contributed by atoms with E-state index in [-0.39, 0.29) is 0 Å². The number of rotatable bonds is 9. The molecule has 0 atom stereocenters. The molecule has 146 valence electrons. The molecule has 0 aromatic heterocycles. The Morgan fingerprint density at radius 2 is 1.00 bits per heavy atom. The Bertz CT molecular complexity index is 856. The molecule has 6 heteroatoms. The summed E-state index contributed by atoms with van der Waals surface area (Å²) in [5.74, 6) is 0. The molecule has 0 saturated heterocycles. The lowest BCUT2D eigenvalue weighted by molar-refractivity contribution is 0.592. The van der Waals surface area contributed by atoms with Gasteiger partial charge in [-0.1, -0.05) is 30.3 Å². The lowest BCUT2D eigenvalue weighted by atomic mass is 10.3. The SMILES string of the molecule is NCCNc1ccc(P(=O)(c2ccccc2)c2ccc(NCCN)cc2)cc1. The third-order valence-electron chi connectivity index (χ3n) is 4.53. The first kappa shape index (κ1) is 20.2. The van der Waals surface area contributed by atoms with E-state index < -0.39 is 7.14 Å². The largest absolute Gasteiger partial charge is 0.384 e. The Morgan fingerprint density at radius 3 is 1.39 bits per heavy atom. The predicted octanol–water partition coefficient (Wildman–Crippen LogP) is 2.07. The summed E-state index contributed by atoms with van der Waals surface area (Å²) in [5, 5.41) is 8.92. The maximum atomic E-state index is 14.4. The predicted molar refractivity (Wildman–Crippen MR) is 121 cm³/mol. The molecular weight excluding hydrogens is 367 g/mol. The van der Waals surface area contributed by atoms with E-state index in [9.17, 15) is 4.57 Å². The van der Waals surface area contributed by atoms with Gasteiger partial charge >= 0.3 is 0 Å². The maximum absolute atomic E-state index is 14.4. The van der Waals surface area contributed by atoms with Crippen LogP contribution in [0.25, 0.3) is 0 Å². The summed E-state index contributed by atoms with van der Waals surface area (Å²) >= 11 is 0. The third-order valence-corrected chi connectivity index (χ3v) is 7.60. The molecule has 0 aliphatic heterocycles. The number of nitrogens with two attached hydrogens (primary N) is 2. The van der Waals surface area contributed by atoms with Gasteiger partial charge in [0.25, 0.3) is 0 Å². The van der Waals surface area contributed by atoms with Gasteiger partial charge in [-0.25, -0.2) is 0 Å². The lowest BCUT2D eigenvalue weighted by Crippen LogP contribution is -2.25. The van der Waals surface area contributed by atoms with Gasteiger partial charge in [0.1, 0.15) is 0 Å². The van der Waals surface area contributed by atoms with Crippen LogP contribution < -0.4 is 38.0 Å². The topological polar surface area (TPSA) is 93.2 Å². The molecule has 0 bridgehead atoms. The number of nitrogens with one attached hydrogen (secondary N) is 2. The average Bonchev–Trinajstić information content (AvgIpc) is 2.77. The minimum Gasteiger partial charge on any atom is -0.384 e. The number of anilines is 2. The van der Waals surface area contributed by atoms with Gasteiger partial charge in [-0.3, -0.25) is 0 Å². The minimum absolute atomic E-state index is 0.564. The molecule has 28 heavy (non-hydrogen) atoms. The van der Waals surface area contributed by atoms with Crippen molar-refractivity contribution < 1.29 is 4.57 Å². The van der Waals surface area contributed by atoms with Crippen LogP contribution in [-0.4, -0.2) is 26.2 Å². The lowest BCUT2D eigenvalue weighted by Gasteiger charge is -2.21. The van der Waals surface area contributed by atoms with E-state index in [1.807, 2.05) is 78.9 Å². The second kappa shape index (κ2) is 9.56. The van der Waals surface area contributed by atoms with Crippen LogP contribution in [0.2, 0.25) is 0 Å². The van der Waals surface area contributed by atoms with Crippen LogP contribution in [0.1, 0.15) is 0 Å². The first-order valence-electron chi connectivity index (χ1n) is 9.43. The highest BCUT2D eigenvalue weighted by molar-refractivity contribution is 7.85. The standard InChI is InChI=1S/C22H27N4OP/c23-14-16-25-18-6-10-21(11-7-18)28(27,20-4-2-1-3-5-20)22-12-8-19(9-13-22)26-17-15-24/h1-13,25-26H,14-17,23-24H2. The quantitative estimate of drug-likeness (QED) is 0.417. The van der Waals surface area contributed by atoms with Crippen LogP contribution in [0.15, 0.2) is 78.9 Å². The Balaban J connectivity index is 2.00. The van der Waals surface area contributed by atoms with Crippen molar-refractivity contribution in [2.45, 2.75) is 0 Å². The first-order chi connectivity index (χ1) is 13.7. The molecular formula is C22H27N4OP. The van der Waals surface area contributed by atoms with E-state index in [4.69, 9.17) is 11.5 Å². The van der Waals surface area contributed by atoms with Crippen LogP contribution >= 0.6 is 7.14 Å². The summed E-state index contributed by atoms with van der Waals surface area (Å²) < 4.78 is 14.4. The van der Waals surface area contributed by atoms with E-state index in [0.29, 0.717) is 26.2 Å². The van der Waals surface area contributed by atoms with Gasteiger partial charge in [-0.15, -0.1) is 0 Å². The van der Waals surface area contributed by atoms with Gasteiger partial charge in [-0.2, -0.15) is 0 Å². The Labute approximate surface area is 166 Å². The molecule has 0 spiro atoms. The highest BCUT2D eigenvalue weighted by atomic mass is 31.2. The highest BCUT2D eigenvalue weighted by Gasteiger charge is 2.29. The number of hydrogen-bond donors (Lipinski definition) is 4. The summed E-state index contributed by atoms with van der Waals surface area (Å²) in [6.45, 7) is 2.53. The summed E-state index contributed by atoms with van der Waals surface area (Å²) in [5.41, 5.74) is 13.0. The van der Waals surface area contributed by atoms with Crippen molar-refractivity contribution in [1.82, 2.24) is 0 Å². The summed E-state index contributed by atoms with van der Waals surface area (Å²) in [6.07, 6.45) is 0. The Morgan fingerprint density at radius 1 is 0.607 bits per heavy atom. The zero-order valence-electron chi connectivity index (χ0n) is 15.8. The molecule has 0 unspecified atom stereocenters. The zero-order valence-corrected chi connectivity index (χ0v) is 16.7. The highest BCUT2D eigenvalue weighted by Crippen LogP contribution is 2.42. The number of hydrogen-bond acceptors (Lipinski definition) is 5. The summed E-state index contributed by atoms with van der Waals surface area (Å²) in [4.78, 5) is 0. The Hall–Kier alpha value is -2.59. The zero-order chi connectivity index (χ0) is 19.8. The summed E-state index contributed by atoms with van der Waals surface area (Å²) in [6, 6.07) is 25.2. The second-order valence-corrected chi connectivity index (χ2v) is 9.24. The van der Waals surface area contributed by atoms with Crippen molar-refractivity contribution >= 4 is 34.4 Å². The van der Waals surface area contributed by atoms with Crippen LogP contribution in [0, 0.1) is 0 Å². The average molecular weight is 394 g/mol. The van der Waals surface area contributed by atoms with Crippen molar-refractivity contribution in [3.63, 3.8) is 0 Å². The molecule has 0 aliphatic rings. The van der Waals surface area contributed by atoms with Crippen LogP contribution in [0.3, 0.4) is 0 Å². The Kier molecular flexibility index (Phi) is 6.88. The molecule has 6 N–H and O–H groups in total. The van der Waals surface area contributed by atoms with E-state index >= 15 is 0 Å². The first-order valence-corrected chi connectivity index (χ1v) is 11.1. The molecule has 0 radical (unpaired) electrons. The van der Waals surface area contributed by atoms with E-state index in [1.165, 1.54) is 0 Å². The van der Waals surface area contributed by atoms with Crippen LogP contribution in [0.5, 0.6) is 0 Å². The smallest absolute Gasteiger partial charge is 0.171 e. The molecule has 3 aromatic carbocycles. The van der Waals surface area contributed by atoms with Crippen molar-refractivity contribution in [2.75, 3.05) is 36.8 Å². The van der Waals surface area contributed by atoms with Gasteiger partial charge in [0.2, 0.25) is 0 Å². The van der Waals surface area contributed by atoms with Crippen LogP contribution in [-0.2, 0) is 4.57 Å². The van der Waals surface area contributed by atoms with Crippen LogP contribution in [0.4, 0.5) is 11.4 Å². The van der Waals surface area contributed by atoms with E-state index in [1.54, 1.807) is 0 Å². The fourth-order valence-corrected chi connectivity index (χ4v) is 5.72. The van der Waals surface area contributed by atoms with Gasteiger partial charge in [0.15, 0.2) is 7.14 Å². The number of benzene rings is 3. The van der Waals surface area contributed by atoms with Gasteiger partial charge in [0.05, 0.1) is 0 Å². The molecule has 0 heterocycles. The minimum atomic E-state index is -2.97. The fraction of sp³-hybridized carbons (Fsp3) is 0.182. The van der Waals surface area contributed by atoms with Gasteiger partial charge < -0.3 is 26.7 Å². The van der Waals surface area contributed by atoms with E-state index in [2.05, 4.69) is 10.6 Å².